The van der Waals surface area contributed by atoms with Crippen molar-refractivity contribution < 1.29 is 4.74 Å². The molecule has 4 nitrogen and oxygen atoms in total. The van der Waals surface area contributed by atoms with Crippen LogP contribution in [0.4, 0.5) is 0 Å². The first kappa shape index (κ1) is 11.6. The fourth-order valence-electron chi connectivity index (χ4n) is 2.12. The third kappa shape index (κ3) is 3.32. The van der Waals surface area contributed by atoms with Gasteiger partial charge in [-0.05, 0) is 12.8 Å². The van der Waals surface area contributed by atoms with Gasteiger partial charge in [0.05, 0.1) is 19.3 Å². The Bertz CT molecular complexity index is 305. The number of ether oxygens (including phenoxy) is 1. The minimum atomic E-state index is 0.523. The molecule has 1 aliphatic carbocycles. The van der Waals surface area contributed by atoms with Crippen molar-refractivity contribution in [3.05, 3.63) is 18.2 Å². The first-order chi connectivity index (χ1) is 7.86. The standard InChI is InChI=1S/C12H21N3O/c1-15-8-6-14-12(15)10-13-7-9-16-11-4-2-3-5-11/h6,8,11,13H,2-5,7,9-10H2,1H3. The lowest BCUT2D eigenvalue weighted by Crippen LogP contribution is -2.23. The third-order valence-electron chi connectivity index (χ3n) is 3.14. The van der Waals surface area contributed by atoms with E-state index in [2.05, 4.69) is 10.3 Å². The molecule has 0 radical (unpaired) electrons. The van der Waals surface area contributed by atoms with Gasteiger partial charge in [0.25, 0.3) is 0 Å². The van der Waals surface area contributed by atoms with Crippen LogP contribution in [-0.4, -0.2) is 28.8 Å². The molecule has 1 heterocycles. The van der Waals surface area contributed by atoms with Gasteiger partial charge in [-0.25, -0.2) is 4.98 Å². The van der Waals surface area contributed by atoms with E-state index in [0.717, 1.165) is 25.5 Å². The lowest BCUT2D eigenvalue weighted by Gasteiger charge is -2.11. The number of hydrogen-bond donors (Lipinski definition) is 1. The van der Waals surface area contributed by atoms with E-state index in [9.17, 15) is 0 Å². The highest BCUT2D eigenvalue weighted by Gasteiger charge is 2.14. The Morgan fingerprint density at radius 1 is 1.50 bits per heavy atom. The number of hydrogen-bond acceptors (Lipinski definition) is 3. The van der Waals surface area contributed by atoms with Crippen molar-refractivity contribution in [1.82, 2.24) is 14.9 Å². The number of imidazole rings is 1. The van der Waals surface area contributed by atoms with E-state index in [4.69, 9.17) is 4.74 Å². The molecule has 0 bridgehead atoms. The molecular weight excluding hydrogens is 202 g/mol. The summed E-state index contributed by atoms with van der Waals surface area (Å²) < 4.78 is 7.80. The van der Waals surface area contributed by atoms with Gasteiger partial charge in [-0.2, -0.15) is 0 Å². The summed E-state index contributed by atoms with van der Waals surface area (Å²) in [6.07, 6.45) is 9.49. The summed E-state index contributed by atoms with van der Waals surface area (Å²) in [6.45, 7) is 2.54. The highest BCUT2D eigenvalue weighted by Crippen LogP contribution is 2.20. The zero-order valence-corrected chi connectivity index (χ0v) is 9.98. The third-order valence-corrected chi connectivity index (χ3v) is 3.14. The number of nitrogens with one attached hydrogen (secondary N) is 1. The molecule has 1 aromatic heterocycles. The molecule has 0 amide bonds. The number of nitrogens with zero attached hydrogens (tertiary/aromatic N) is 2. The van der Waals surface area contributed by atoms with Crippen molar-refractivity contribution in [1.29, 1.82) is 0 Å². The maximum Gasteiger partial charge on any atom is 0.122 e. The van der Waals surface area contributed by atoms with Crippen molar-refractivity contribution in [2.45, 2.75) is 38.3 Å². The molecule has 16 heavy (non-hydrogen) atoms. The Morgan fingerprint density at radius 3 is 3.00 bits per heavy atom. The zero-order chi connectivity index (χ0) is 11.2. The Hall–Kier alpha value is -0.870. The largest absolute Gasteiger partial charge is 0.377 e. The van der Waals surface area contributed by atoms with E-state index in [0.29, 0.717) is 6.10 Å². The van der Waals surface area contributed by atoms with Crippen molar-refractivity contribution in [2.24, 2.45) is 7.05 Å². The van der Waals surface area contributed by atoms with Crippen molar-refractivity contribution in [3.63, 3.8) is 0 Å². The van der Waals surface area contributed by atoms with E-state index in [-0.39, 0.29) is 0 Å². The van der Waals surface area contributed by atoms with Crippen LogP contribution in [0.25, 0.3) is 0 Å². The summed E-state index contributed by atoms with van der Waals surface area (Å²) in [5.41, 5.74) is 0. The normalized spacial score (nSPS) is 17.1. The van der Waals surface area contributed by atoms with Gasteiger partial charge in [0.2, 0.25) is 0 Å². The Morgan fingerprint density at radius 2 is 2.31 bits per heavy atom. The minimum absolute atomic E-state index is 0.523. The zero-order valence-electron chi connectivity index (χ0n) is 9.98. The minimum Gasteiger partial charge on any atom is -0.377 e. The predicted molar refractivity (Wildman–Crippen MR) is 63.1 cm³/mol. The number of aromatic nitrogens is 2. The van der Waals surface area contributed by atoms with Crippen LogP contribution in [0.3, 0.4) is 0 Å². The molecule has 90 valence electrons. The monoisotopic (exact) mass is 223 g/mol. The molecule has 0 aromatic carbocycles. The van der Waals surface area contributed by atoms with Crippen LogP contribution >= 0.6 is 0 Å². The number of aryl methyl sites for hydroxylation is 1. The molecule has 1 N–H and O–H groups in total. The van der Waals surface area contributed by atoms with Crippen LogP contribution < -0.4 is 5.32 Å². The average Bonchev–Trinajstić information content (AvgIpc) is 2.90. The molecule has 0 spiro atoms. The van der Waals surface area contributed by atoms with Crippen LogP contribution in [0.1, 0.15) is 31.5 Å². The highest BCUT2D eigenvalue weighted by molar-refractivity contribution is 4.90. The van der Waals surface area contributed by atoms with E-state index >= 15 is 0 Å². The van der Waals surface area contributed by atoms with Crippen LogP contribution in [0.5, 0.6) is 0 Å². The topological polar surface area (TPSA) is 39.1 Å². The van der Waals surface area contributed by atoms with Crippen molar-refractivity contribution in [2.75, 3.05) is 13.2 Å². The van der Waals surface area contributed by atoms with Crippen molar-refractivity contribution >= 4 is 0 Å². The molecule has 1 aromatic rings. The van der Waals surface area contributed by atoms with Crippen LogP contribution in [0.15, 0.2) is 12.4 Å². The highest BCUT2D eigenvalue weighted by atomic mass is 16.5. The quantitative estimate of drug-likeness (QED) is 0.742. The summed E-state index contributed by atoms with van der Waals surface area (Å²) in [7, 11) is 2.01. The molecule has 2 rings (SSSR count). The molecular formula is C12H21N3O. The van der Waals surface area contributed by atoms with Gasteiger partial charge in [0.1, 0.15) is 5.82 Å². The van der Waals surface area contributed by atoms with Gasteiger partial charge in [0, 0.05) is 26.0 Å². The van der Waals surface area contributed by atoms with E-state index in [1.165, 1.54) is 25.7 Å². The summed E-state index contributed by atoms with van der Waals surface area (Å²) in [5, 5.41) is 3.34. The maximum atomic E-state index is 5.76. The lowest BCUT2D eigenvalue weighted by molar-refractivity contribution is 0.0602. The Labute approximate surface area is 97.0 Å². The van der Waals surface area contributed by atoms with Crippen LogP contribution in [-0.2, 0) is 18.3 Å². The van der Waals surface area contributed by atoms with Gasteiger partial charge >= 0.3 is 0 Å². The fourth-order valence-corrected chi connectivity index (χ4v) is 2.12. The van der Waals surface area contributed by atoms with E-state index in [1.807, 2.05) is 24.0 Å². The van der Waals surface area contributed by atoms with E-state index in [1.54, 1.807) is 0 Å². The Kier molecular flexibility index (Phi) is 4.36. The molecule has 1 aliphatic rings. The molecule has 0 atom stereocenters. The summed E-state index contributed by atoms with van der Waals surface area (Å²) in [6, 6.07) is 0. The SMILES string of the molecule is Cn1ccnc1CNCCOC1CCCC1. The van der Waals surface area contributed by atoms with Gasteiger partial charge in [-0.1, -0.05) is 12.8 Å². The van der Waals surface area contributed by atoms with Gasteiger partial charge < -0.3 is 14.6 Å². The van der Waals surface area contributed by atoms with Crippen LogP contribution in [0.2, 0.25) is 0 Å². The average molecular weight is 223 g/mol. The second-order valence-electron chi connectivity index (χ2n) is 4.41. The van der Waals surface area contributed by atoms with Gasteiger partial charge in [-0.3, -0.25) is 0 Å². The smallest absolute Gasteiger partial charge is 0.122 e. The van der Waals surface area contributed by atoms with E-state index < -0.39 is 0 Å². The van der Waals surface area contributed by atoms with Crippen LogP contribution in [0, 0.1) is 0 Å². The molecule has 0 saturated heterocycles. The van der Waals surface area contributed by atoms with Crippen molar-refractivity contribution in [3.8, 4) is 0 Å². The summed E-state index contributed by atoms with van der Waals surface area (Å²) in [4.78, 5) is 4.25. The lowest BCUT2D eigenvalue weighted by atomic mass is 10.3. The fraction of sp³-hybridized carbons (Fsp3) is 0.750. The van der Waals surface area contributed by atoms with Gasteiger partial charge in [0.15, 0.2) is 0 Å². The molecule has 0 aliphatic heterocycles. The predicted octanol–water partition coefficient (Wildman–Crippen LogP) is 1.47. The van der Waals surface area contributed by atoms with Gasteiger partial charge in [-0.15, -0.1) is 0 Å². The maximum absolute atomic E-state index is 5.76. The molecule has 4 heteroatoms. The molecule has 0 unspecified atom stereocenters. The second-order valence-corrected chi connectivity index (χ2v) is 4.41. The molecule has 1 fully saturated rings. The number of rotatable bonds is 6. The Balaban J connectivity index is 1.53. The second kappa shape index (κ2) is 6.01. The summed E-state index contributed by atoms with van der Waals surface area (Å²) in [5.74, 6) is 1.07. The first-order valence-corrected chi connectivity index (χ1v) is 6.15. The molecule has 1 saturated carbocycles. The first-order valence-electron chi connectivity index (χ1n) is 6.15. The summed E-state index contributed by atoms with van der Waals surface area (Å²) >= 11 is 0.